The van der Waals surface area contributed by atoms with Crippen molar-refractivity contribution in [1.82, 2.24) is 9.97 Å². The fourth-order valence-electron chi connectivity index (χ4n) is 0.253. The van der Waals surface area contributed by atoms with Crippen LogP contribution in [-0.4, -0.2) is 9.97 Å². The maximum atomic E-state index is 5.01. The van der Waals surface area contributed by atoms with Crippen LogP contribution in [0.25, 0.3) is 0 Å². The van der Waals surface area contributed by atoms with Crippen LogP contribution in [0.3, 0.4) is 0 Å². The zero-order valence-corrected chi connectivity index (χ0v) is 6.49. The minimum absolute atomic E-state index is 1.47. The predicted octanol–water partition coefficient (Wildman–Crippen LogP) is 2.24. The fraction of sp³-hybridized carbons (Fsp3) is 0.143. The van der Waals surface area contributed by atoms with Gasteiger partial charge in [0.25, 0.3) is 0 Å². The van der Waals surface area contributed by atoms with Crippen molar-refractivity contribution in [1.29, 1.82) is 0 Å². The molecule has 3 heteroatoms. The lowest BCUT2D eigenvalue weighted by atomic mass is 10.8. The number of rotatable bonds is 0. The molecule has 10 heavy (non-hydrogen) atoms. The van der Waals surface area contributed by atoms with Gasteiger partial charge in [0.15, 0.2) is 0 Å². The van der Waals surface area contributed by atoms with E-state index in [2.05, 4.69) is 9.97 Å². The van der Waals surface area contributed by atoms with Crippen molar-refractivity contribution in [3.63, 3.8) is 0 Å². The Morgan fingerprint density at radius 2 is 1.40 bits per heavy atom. The summed E-state index contributed by atoms with van der Waals surface area (Å²) in [6, 6.07) is 0. The van der Waals surface area contributed by atoms with E-state index in [1.54, 1.807) is 30.9 Å². The van der Waals surface area contributed by atoms with E-state index >= 15 is 0 Å². The van der Waals surface area contributed by atoms with Gasteiger partial charge < -0.3 is 0 Å². The standard InChI is InChI=1S/C4H4N2.C3H5Cl/c1-2-6-4-3-5-1;1-2-3-4/h1-4H;2-3H,1H3. The number of hydrogen-bond donors (Lipinski definition) is 0. The van der Waals surface area contributed by atoms with Gasteiger partial charge >= 0.3 is 0 Å². The van der Waals surface area contributed by atoms with Crippen molar-refractivity contribution in [2.45, 2.75) is 6.92 Å². The summed E-state index contributed by atoms with van der Waals surface area (Å²) in [5.41, 5.74) is 1.47. The van der Waals surface area contributed by atoms with Gasteiger partial charge in [-0.2, -0.15) is 0 Å². The molecule has 0 fully saturated rings. The minimum Gasteiger partial charge on any atom is -0.262 e. The molecule has 0 atom stereocenters. The first-order valence-electron chi connectivity index (χ1n) is 2.83. The second-order valence-electron chi connectivity index (χ2n) is 1.35. The van der Waals surface area contributed by atoms with Gasteiger partial charge in [0.1, 0.15) is 0 Å². The molecule has 1 heterocycles. The van der Waals surface area contributed by atoms with Gasteiger partial charge in [-0.1, -0.05) is 17.7 Å². The Bertz CT molecular complexity index is 132. The highest BCUT2D eigenvalue weighted by molar-refractivity contribution is 6.25. The zero-order chi connectivity index (χ0) is 7.66. The normalized spacial score (nSPS) is 8.60. The van der Waals surface area contributed by atoms with Crippen molar-refractivity contribution in [2.75, 3.05) is 0 Å². The van der Waals surface area contributed by atoms with Gasteiger partial charge in [-0.05, 0) is 12.5 Å². The summed E-state index contributed by atoms with van der Waals surface area (Å²) in [7, 11) is 0. The van der Waals surface area contributed by atoms with E-state index in [0.29, 0.717) is 0 Å². The van der Waals surface area contributed by atoms with Gasteiger partial charge in [-0.25, -0.2) is 0 Å². The number of halogens is 1. The van der Waals surface area contributed by atoms with Gasteiger partial charge in [-0.3, -0.25) is 9.97 Å². The summed E-state index contributed by atoms with van der Waals surface area (Å²) in [6.45, 7) is 1.87. The maximum absolute atomic E-state index is 5.01. The van der Waals surface area contributed by atoms with Crippen LogP contribution in [0.2, 0.25) is 0 Å². The Morgan fingerprint density at radius 3 is 1.50 bits per heavy atom. The average Bonchev–Trinajstić information content (AvgIpc) is 2.08. The fourth-order valence-corrected chi connectivity index (χ4v) is 0.253. The highest BCUT2D eigenvalue weighted by Crippen LogP contribution is 1.70. The SMILES string of the molecule is CC=CCl.c1cnccn1. The molecule has 0 amide bonds. The molecule has 54 valence electrons. The molecular formula is C7H9ClN2. The lowest BCUT2D eigenvalue weighted by molar-refractivity contribution is 1.20. The lowest BCUT2D eigenvalue weighted by Crippen LogP contribution is -1.66. The monoisotopic (exact) mass is 156 g/mol. The van der Waals surface area contributed by atoms with Crippen molar-refractivity contribution in [2.24, 2.45) is 0 Å². The molecule has 2 nitrogen and oxygen atoms in total. The average molecular weight is 157 g/mol. The predicted molar refractivity (Wildman–Crippen MR) is 42.7 cm³/mol. The molecule has 0 radical (unpaired) electrons. The van der Waals surface area contributed by atoms with Crippen molar-refractivity contribution in [3.05, 3.63) is 36.4 Å². The van der Waals surface area contributed by atoms with Crippen LogP contribution in [0.15, 0.2) is 36.4 Å². The van der Waals surface area contributed by atoms with E-state index in [0.717, 1.165) is 0 Å². The minimum atomic E-state index is 1.47. The summed E-state index contributed by atoms with van der Waals surface area (Å²) < 4.78 is 0. The largest absolute Gasteiger partial charge is 0.262 e. The molecular weight excluding hydrogens is 148 g/mol. The Kier molecular flexibility index (Phi) is 7.39. The van der Waals surface area contributed by atoms with E-state index in [1.165, 1.54) is 5.54 Å². The molecule has 0 aromatic carbocycles. The van der Waals surface area contributed by atoms with Crippen molar-refractivity contribution >= 4 is 11.6 Å². The molecule has 1 aromatic rings. The van der Waals surface area contributed by atoms with Crippen LogP contribution in [0.5, 0.6) is 0 Å². The molecule has 0 aliphatic heterocycles. The molecule has 0 saturated heterocycles. The Labute approximate surface area is 65.6 Å². The third-order valence-electron chi connectivity index (χ3n) is 0.604. The van der Waals surface area contributed by atoms with E-state index < -0.39 is 0 Å². The second-order valence-corrected chi connectivity index (χ2v) is 1.61. The first-order valence-corrected chi connectivity index (χ1v) is 3.26. The molecule has 0 N–H and O–H groups in total. The molecule has 0 spiro atoms. The topological polar surface area (TPSA) is 25.8 Å². The Balaban J connectivity index is 0.000000180. The smallest absolute Gasteiger partial charge is 0.0451 e. The van der Waals surface area contributed by atoms with Gasteiger partial charge in [0.2, 0.25) is 0 Å². The maximum Gasteiger partial charge on any atom is 0.0451 e. The summed E-state index contributed by atoms with van der Waals surface area (Å²) in [4.78, 5) is 7.44. The molecule has 0 aliphatic carbocycles. The zero-order valence-electron chi connectivity index (χ0n) is 5.74. The van der Waals surface area contributed by atoms with Crippen LogP contribution in [0.4, 0.5) is 0 Å². The summed E-state index contributed by atoms with van der Waals surface area (Å²) >= 11 is 5.01. The molecule has 0 aliphatic rings. The Hall–Kier alpha value is -0.890. The second kappa shape index (κ2) is 8.11. The molecule has 1 rings (SSSR count). The highest BCUT2D eigenvalue weighted by atomic mass is 35.5. The lowest BCUT2D eigenvalue weighted by Gasteiger charge is -1.70. The number of allylic oxidation sites excluding steroid dienone is 1. The molecule has 0 unspecified atom stereocenters. The van der Waals surface area contributed by atoms with Crippen LogP contribution < -0.4 is 0 Å². The van der Waals surface area contributed by atoms with Gasteiger partial charge in [0, 0.05) is 24.8 Å². The van der Waals surface area contributed by atoms with Crippen molar-refractivity contribution < 1.29 is 0 Å². The van der Waals surface area contributed by atoms with Crippen molar-refractivity contribution in [3.8, 4) is 0 Å². The molecule has 1 aromatic heterocycles. The Morgan fingerprint density at radius 1 is 1.10 bits per heavy atom. The first-order chi connectivity index (χ1) is 4.91. The third-order valence-corrected chi connectivity index (χ3v) is 0.856. The van der Waals surface area contributed by atoms with E-state index in [-0.39, 0.29) is 0 Å². The van der Waals surface area contributed by atoms with Gasteiger partial charge in [-0.15, -0.1) is 0 Å². The number of aromatic nitrogens is 2. The quantitative estimate of drug-likeness (QED) is 0.576. The molecule has 0 bridgehead atoms. The van der Waals surface area contributed by atoms with Gasteiger partial charge in [0.05, 0.1) is 0 Å². The van der Waals surface area contributed by atoms with Crippen LogP contribution in [0.1, 0.15) is 6.92 Å². The number of hydrogen-bond acceptors (Lipinski definition) is 2. The summed E-state index contributed by atoms with van der Waals surface area (Å²) in [5.74, 6) is 0. The first kappa shape index (κ1) is 9.11. The van der Waals surface area contributed by atoms with E-state index in [9.17, 15) is 0 Å². The van der Waals surface area contributed by atoms with Crippen LogP contribution in [0, 0.1) is 0 Å². The molecule has 0 saturated carbocycles. The number of nitrogens with zero attached hydrogens (tertiary/aromatic N) is 2. The van der Waals surface area contributed by atoms with Crippen LogP contribution in [-0.2, 0) is 0 Å². The summed E-state index contributed by atoms with van der Waals surface area (Å²) in [6.07, 6.45) is 8.32. The highest BCUT2D eigenvalue weighted by Gasteiger charge is 1.59. The third kappa shape index (κ3) is 7.11. The van der Waals surface area contributed by atoms with E-state index in [1.807, 2.05) is 6.92 Å². The van der Waals surface area contributed by atoms with Crippen LogP contribution >= 0.6 is 11.6 Å². The summed E-state index contributed by atoms with van der Waals surface area (Å²) in [5, 5.41) is 0. The van der Waals surface area contributed by atoms with E-state index in [4.69, 9.17) is 11.6 Å².